The van der Waals surface area contributed by atoms with Gasteiger partial charge in [0, 0.05) is 13.0 Å². The highest BCUT2D eigenvalue weighted by Crippen LogP contribution is 2.39. The average molecular weight is 428 g/mol. The summed E-state index contributed by atoms with van der Waals surface area (Å²) in [5.41, 5.74) is 1.27. The van der Waals surface area contributed by atoms with Gasteiger partial charge in [0.15, 0.2) is 8.32 Å². The van der Waals surface area contributed by atoms with Gasteiger partial charge in [0.2, 0.25) is 0 Å². The molecule has 0 unspecified atom stereocenters. The molecular weight excluding hydrogens is 396 g/mol. The van der Waals surface area contributed by atoms with Crippen LogP contribution in [0.3, 0.4) is 0 Å². The third kappa shape index (κ3) is 5.42. The minimum absolute atomic E-state index is 0.0374. The summed E-state index contributed by atoms with van der Waals surface area (Å²) in [6.07, 6.45) is -0.0956. The molecule has 0 bridgehead atoms. The van der Waals surface area contributed by atoms with E-state index in [1.165, 1.54) is 12.0 Å². The van der Waals surface area contributed by atoms with Crippen LogP contribution in [0.1, 0.15) is 43.1 Å². The molecule has 2 rings (SSSR count). The van der Waals surface area contributed by atoms with Gasteiger partial charge in [0.05, 0.1) is 25.3 Å². The van der Waals surface area contributed by atoms with E-state index in [4.69, 9.17) is 4.43 Å². The second-order valence-electron chi connectivity index (χ2n) is 9.07. The minimum atomic E-state index is -3.35. The number of ether oxygens (including phenoxy) is 1. The number of rotatable bonds is 7. The number of carbonyl (C=O) groups is 2. The molecule has 8 heteroatoms. The fraction of sp³-hybridized carbons (Fsp3) is 0.619. The molecule has 0 aliphatic carbocycles. The Balaban J connectivity index is 2.05. The van der Waals surface area contributed by atoms with Crippen LogP contribution in [0.2, 0.25) is 18.1 Å². The fourth-order valence-corrected chi connectivity index (χ4v) is 4.04. The number of amides is 1. The summed E-state index contributed by atoms with van der Waals surface area (Å²) in [6, 6.07) is 6.10. The Kier molecular flexibility index (Phi) is 6.89. The van der Waals surface area contributed by atoms with Crippen molar-refractivity contribution in [3.05, 3.63) is 35.4 Å². The lowest BCUT2D eigenvalue weighted by molar-refractivity contribution is -0.148. The number of carbonyl (C=O) groups excluding carboxylic acids is 2. The maximum atomic E-state index is 14.1. The highest BCUT2D eigenvalue weighted by atomic mass is 28.4. The molecule has 162 valence electrons. The zero-order chi connectivity index (χ0) is 22.0. The normalized spacial score (nSPS) is 19.5. The second kappa shape index (κ2) is 8.51. The van der Waals surface area contributed by atoms with Crippen LogP contribution in [0.4, 0.5) is 8.78 Å². The highest BCUT2D eigenvalue weighted by molar-refractivity contribution is 6.74. The van der Waals surface area contributed by atoms with Crippen molar-refractivity contribution < 1.29 is 27.5 Å². The first kappa shape index (κ1) is 23.5. The van der Waals surface area contributed by atoms with Gasteiger partial charge < -0.3 is 14.1 Å². The van der Waals surface area contributed by atoms with Crippen molar-refractivity contribution in [1.82, 2.24) is 4.90 Å². The van der Waals surface area contributed by atoms with Gasteiger partial charge in [0.1, 0.15) is 0 Å². The Bertz CT molecular complexity index is 744. The average Bonchev–Trinajstić information content (AvgIpc) is 2.86. The topological polar surface area (TPSA) is 55.8 Å². The van der Waals surface area contributed by atoms with Crippen molar-refractivity contribution in [1.29, 1.82) is 0 Å². The molecule has 0 spiro atoms. The molecular formula is C21H31F2NO4Si. The first-order chi connectivity index (χ1) is 13.3. The van der Waals surface area contributed by atoms with Gasteiger partial charge in [-0.25, -0.2) is 4.79 Å². The second-order valence-corrected chi connectivity index (χ2v) is 13.9. The van der Waals surface area contributed by atoms with Crippen LogP contribution in [0.5, 0.6) is 0 Å². The van der Waals surface area contributed by atoms with Gasteiger partial charge in [-0.2, -0.15) is 8.78 Å². The number of hydrogen-bond acceptors (Lipinski definition) is 4. The Labute approximate surface area is 172 Å². The molecule has 1 atom stereocenters. The van der Waals surface area contributed by atoms with Crippen LogP contribution in [-0.2, 0) is 20.4 Å². The predicted octanol–water partition coefficient (Wildman–Crippen LogP) is 4.27. The lowest BCUT2D eigenvalue weighted by Crippen LogP contribution is -2.45. The highest BCUT2D eigenvalue weighted by Gasteiger charge is 2.53. The minimum Gasteiger partial charge on any atom is -0.465 e. The Morgan fingerprint density at radius 1 is 1.24 bits per heavy atom. The Hall–Kier alpha value is -1.80. The largest absolute Gasteiger partial charge is 0.465 e. The Morgan fingerprint density at radius 2 is 1.83 bits per heavy atom. The number of likely N-dealkylation sites (tertiary alicyclic amines) is 1. The molecule has 1 aromatic carbocycles. The van der Waals surface area contributed by atoms with E-state index in [9.17, 15) is 18.4 Å². The first-order valence-electron chi connectivity index (χ1n) is 9.78. The molecule has 1 aliphatic heterocycles. The van der Waals surface area contributed by atoms with E-state index in [0.717, 1.165) is 5.56 Å². The molecule has 0 N–H and O–H groups in total. The number of esters is 1. The van der Waals surface area contributed by atoms with E-state index in [1.54, 1.807) is 24.3 Å². The number of hydrogen-bond donors (Lipinski definition) is 0. The summed E-state index contributed by atoms with van der Waals surface area (Å²) in [5.74, 6) is -4.92. The third-order valence-corrected chi connectivity index (χ3v) is 10.5. The van der Waals surface area contributed by atoms with E-state index in [2.05, 4.69) is 38.6 Å². The summed E-state index contributed by atoms with van der Waals surface area (Å²) in [5, 5.41) is -0.0374. The van der Waals surface area contributed by atoms with Gasteiger partial charge in [-0.15, -0.1) is 0 Å². The molecule has 0 aromatic heterocycles. The molecule has 1 aromatic rings. The quantitative estimate of drug-likeness (QED) is 0.482. The molecule has 29 heavy (non-hydrogen) atoms. The summed E-state index contributed by atoms with van der Waals surface area (Å²) in [7, 11) is -0.798. The van der Waals surface area contributed by atoms with Crippen LogP contribution < -0.4 is 0 Å². The number of methoxy groups -OCH3 is 1. The van der Waals surface area contributed by atoms with Gasteiger partial charge >= 0.3 is 11.9 Å². The fourth-order valence-electron chi connectivity index (χ4n) is 3.00. The van der Waals surface area contributed by atoms with Crippen LogP contribution >= 0.6 is 0 Å². The lowest BCUT2D eigenvalue weighted by Gasteiger charge is -2.37. The molecule has 1 saturated heterocycles. The van der Waals surface area contributed by atoms with Crippen molar-refractivity contribution in [2.75, 3.05) is 20.3 Å². The zero-order valence-electron chi connectivity index (χ0n) is 18.1. The van der Waals surface area contributed by atoms with E-state index < -0.39 is 38.6 Å². The molecule has 1 aliphatic rings. The van der Waals surface area contributed by atoms with Crippen molar-refractivity contribution in [3.63, 3.8) is 0 Å². The van der Waals surface area contributed by atoms with E-state index in [0.29, 0.717) is 12.0 Å². The number of halogens is 2. The van der Waals surface area contributed by atoms with Crippen LogP contribution in [0.25, 0.3) is 0 Å². The predicted molar refractivity (Wildman–Crippen MR) is 110 cm³/mol. The van der Waals surface area contributed by atoms with E-state index in [1.807, 2.05) is 0 Å². The summed E-state index contributed by atoms with van der Waals surface area (Å²) in [6.45, 7) is 10.7. The van der Waals surface area contributed by atoms with Crippen LogP contribution in [0, 0.1) is 0 Å². The number of alkyl halides is 2. The van der Waals surface area contributed by atoms with Gasteiger partial charge in [0.25, 0.3) is 5.91 Å². The molecule has 1 fully saturated rings. The summed E-state index contributed by atoms with van der Waals surface area (Å²) < 4.78 is 39.0. The van der Waals surface area contributed by atoms with Crippen LogP contribution in [0.15, 0.2) is 24.3 Å². The molecule has 5 nitrogen and oxygen atoms in total. The van der Waals surface area contributed by atoms with Gasteiger partial charge in [-0.1, -0.05) is 32.9 Å². The monoisotopic (exact) mass is 427 g/mol. The maximum Gasteiger partial charge on any atom is 0.337 e. The Morgan fingerprint density at radius 3 is 2.34 bits per heavy atom. The maximum absolute atomic E-state index is 14.1. The SMILES string of the molecule is COC(=O)c1ccc(CCN2C(=O)C(F)(F)C[C@H]2CO[Si](C)(C)C(C)(C)C)cc1. The molecule has 1 heterocycles. The third-order valence-electron chi connectivity index (χ3n) is 5.97. The summed E-state index contributed by atoms with van der Waals surface area (Å²) in [4.78, 5) is 25.0. The van der Waals surface area contributed by atoms with E-state index in [-0.39, 0.29) is 18.2 Å². The number of nitrogens with zero attached hydrogens (tertiary/aromatic N) is 1. The smallest absolute Gasteiger partial charge is 0.337 e. The molecule has 0 radical (unpaired) electrons. The van der Waals surface area contributed by atoms with Crippen LogP contribution in [-0.4, -0.2) is 57.3 Å². The van der Waals surface area contributed by atoms with Crippen molar-refractivity contribution >= 4 is 20.2 Å². The van der Waals surface area contributed by atoms with Crippen molar-refractivity contribution in [2.45, 2.75) is 63.7 Å². The van der Waals surface area contributed by atoms with Crippen molar-refractivity contribution in [3.8, 4) is 0 Å². The number of benzene rings is 1. The summed E-state index contributed by atoms with van der Waals surface area (Å²) >= 11 is 0. The van der Waals surface area contributed by atoms with Crippen molar-refractivity contribution in [2.24, 2.45) is 0 Å². The first-order valence-corrected chi connectivity index (χ1v) is 12.7. The molecule has 0 saturated carbocycles. The van der Waals surface area contributed by atoms with Gasteiger partial charge in [-0.3, -0.25) is 4.79 Å². The molecule has 1 amide bonds. The standard InChI is InChI=1S/C21H31F2NO4Si/c1-20(2,3)29(5,6)28-14-17-13-21(22,23)19(26)24(17)12-11-15-7-9-16(10-8-15)18(25)27-4/h7-10,17H,11-14H2,1-6H3/t17-/m0/s1. The zero-order valence-corrected chi connectivity index (χ0v) is 19.1. The van der Waals surface area contributed by atoms with Gasteiger partial charge in [-0.05, 0) is 42.2 Å². The lowest BCUT2D eigenvalue weighted by atomic mass is 10.1. The van der Waals surface area contributed by atoms with E-state index >= 15 is 0 Å².